The lowest BCUT2D eigenvalue weighted by atomic mass is 9.97. The molecule has 0 aromatic carbocycles. The third kappa shape index (κ3) is 3.22. The summed E-state index contributed by atoms with van der Waals surface area (Å²) >= 11 is 0. The number of nitrogens with one attached hydrogen (secondary N) is 2. The van der Waals surface area contributed by atoms with Crippen LogP contribution in [0.15, 0.2) is 18.3 Å². The van der Waals surface area contributed by atoms with Crippen molar-refractivity contribution in [2.24, 2.45) is 11.8 Å². The average Bonchev–Trinajstić information content (AvgIpc) is 2.28. The highest BCUT2D eigenvalue weighted by Gasteiger charge is 2.16. The zero-order valence-corrected chi connectivity index (χ0v) is 10.2. The topological polar surface area (TPSA) is 54.0 Å². The molecule has 1 heterocycles. The van der Waals surface area contributed by atoms with Gasteiger partial charge in [0.05, 0.1) is 11.9 Å². The molecule has 1 amide bonds. The highest BCUT2D eigenvalue weighted by atomic mass is 16.1. The molecule has 1 rings (SSSR count). The van der Waals surface area contributed by atoms with Crippen LogP contribution in [0.4, 0.5) is 11.5 Å². The van der Waals surface area contributed by atoms with Crippen LogP contribution in [0.1, 0.15) is 20.8 Å². The molecule has 0 spiro atoms. The van der Waals surface area contributed by atoms with Gasteiger partial charge in [-0.2, -0.15) is 0 Å². The second-order valence-electron chi connectivity index (χ2n) is 4.20. The van der Waals surface area contributed by atoms with E-state index in [1.165, 1.54) is 0 Å². The molecule has 0 saturated heterocycles. The van der Waals surface area contributed by atoms with Crippen molar-refractivity contribution in [3.63, 3.8) is 0 Å². The van der Waals surface area contributed by atoms with Gasteiger partial charge in [0.1, 0.15) is 5.82 Å². The normalized spacial score (nSPS) is 12.3. The second kappa shape index (κ2) is 5.49. The number of pyridine rings is 1. The van der Waals surface area contributed by atoms with Crippen LogP contribution in [0.3, 0.4) is 0 Å². The van der Waals surface area contributed by atoms with Crippen LogP contribution in [0.5, 0.6) is 0 Å². The van der Waals surface area contributed by atoms with Gasteiger partial charge in [-0.15, -0.1) is 0 Å². The van der Waals surface area contributed by atoms with Gasteiger partial charge in [0, 0.05) is 13.0 Å². The Hall–Kier alpha value is -1.58. The van der Waals surface area contributed by atoms with Gasteiger partial charge in [0.25, 0.3) is 0 Å². The van der Waals surface area contributed by atoms with E-state index in [4.69, 9.17) is 0 Å². The molecule has 1 atom stereocenters. The largest absolute Gasteiger partial charge is 0.373 e. The van der Waals surface area contributed by atoms with E-state index in [9.17, 15) is 4.79 Å². The first kappa shape index (κ1) is 12.5. The van der Waals surface area contributed by atoms with Crippen LogP contribution < -0.4 is 10.6 Å². The highest BCUT2D eigenvalue weighted by molar-refractivity contribution is 5.92. The third-order valence-electron chi connectivity index (χ3n) is 2.70. The van der Waals surface area contributed by atoms with Crippen molar-refractivity contribution in [3.8, 4) is 0 Å². The molecule has 16 heavy (non-hydrogen) atoms. The van der Waals surface area contributed by atoms with Crippen molar-refractivity contribution in [2.45, 2.75) is 20.8 Å². The van der Waals surface area contributed by atoms with Crippen LogP contribution in [-0.2, 0) is 4.79 Å². The van der Waals surface area contributed by atoms with E-state index < -0.39 is 0 Å². The molecule has 88 valence electrons. The van der Waals surface area contributed by atoms with Gasteiger partial charge in [-0.3, -0.25) is 4.79 Å². The predicted octanol–water partition coefficient (Wildman–Crippen LogP) is 2.35. The number of carbonyl (C=O) groups excluding carboxylic acids is 1. The van der Waals surface area contributed by atoms with Gasteiger partial charge in [-0.1, -0.05) is 20.8 Å². The summed E-state index contributed by atoms with van der Waals surface area (Å²) < 4.78 is 0. The van der Waals surface area contributed by atoms with Crippen LogP contribution in [0.25, 0.3) is 0 Å². The van der Waals surface area contributed by atoms with E-state index in [0.717, 1.165) is 11.5 Å². The number of hydrogen-bond acceptors (Lipinski definition) is 3. The summed E-state index contributed by atoms with van der Waals surface area (Å²) in [7, 11) is 1.81. The van der Waals surface area contributed by atoms with Crippen LogP contribution >= 0.6 is 0 Å². The molecule has 1 aromatic rings. The van der Waals surface area contributed by atoms with Gasteiger partial charge in [-0.05, 0) is 18.1 Å². The summed E-state index contributed by atoms with van der Waals surface area (Å²) in [4.78, 5) is 15.9. The summed E-state index contributed by atoms with van der Waals surface area (Å²) in [5.74, 6) is 1.16. The number of aromatic nitrogens is 1. The molecule has 4 heteroatoms. The number of rotatable bonds is 4. The quantitative estimate of drug-likeness (QED) is 0.820. The summed E-state index contributed by atoms with van der Waals surface area (Å²) in [6, 6.07) is 3.67. The average molecular weight is 221 g/mol. The third-order valence-corrected chi connectivity index (χ3v) is 2.70. The van der Waals surface area contributed by atoms with Crippen molar-refractivity contribution in [3.05, 3.63) is 18.3 Å². The maximum Gasteiger partial charge on any atom is 0.227 e. The van der Waals surface area contributed by atoms with Crippen LogP contribution in [0, 0.1) is 11.8 Å². The number of anilines is 2. The Labute approximate surface area is 96.5 Å². The number of amides is 1. The van der Waals surface area contributed by atoms with Crippen molar-refractivity contribution in [1.82, 2.24) is 4.98 Å². The van der Waals surface area contributed by atoms with Crippen molar-refractivity contribution < 1.29 is 4.79 Å². The zero-order chi connectivity index (χ0) is 12.1. The van der Waals surface area contributed by atoms with Gasteiger partial charge in [-0.25, -0.2) is 4.98 Å². The molecule has 0 fully saturated rings. The molecule has 4 nitrogen and oxygen atoms in total. The molecule has 1 aromatic heterocycles. The molecular weight excluding hydrogens is 202 g/mol. The monoisotopic (exact) mass is 221 g/mol. The molecular formula is C12H19N3O. The van der Waals surface area contributed by atoms with Crippen LogP contribution in [0.2, 0.25) is 0 Å². The fourth-order valence-electron chi connectivity index (χ4n) is 1.17. The van der Waals surface area contributed by atoms with E-state index in [1.54, 1.807) is 13.2 Å². The Morgan fingerprint density at radius 2 is 2.00 bits per heavy atom. The maximum atomic E-state index is 11.8. The van der Waals surface area contributed by atoms with Gasteiger partial charge < -0.3 is 10.6 Å². The van der Waals surface area contributed by atoms with E-state index in [0.29, 0.717) is 5.92 Å². The van der Waals surface area contributed by atoms with Crippen molar-refractivity contribution in [1.29, 1.82) is 0 Å². The SMILES string of the molecule is CNc1ccc(NC(=O)C(C)C(C)C)cn1. The highest BCUT2D eigenvalue weighted by Crippen LogP contribution is 2.14. The lowest BCUT2D eigenvalue weighted by molar-refractivity contribution is -0.120. The first-order valence-electron chi connectivity index (χ1n) is 5.49. The smallest absolute Gasteiger partial charge is 0.227 e. The lowest BCUT2D eigenvalue weighted by Gasteiger charge is -2.15. The Morgan fingerprint density at radius 1 is 1.31 bits per heavy atom. The minimum Gasteiger partial charge on any atom is -0.373 e. The van der Waals surface area contributed by atoms with E-state index in [-0.39, 0.29) is 11.8 Å². The van der Waals surface area contributed by atoms with Crippen LogP contribution in [-0.4, -0.2) is 17.9 Å². The molecule has 1 unspecified atom stereocenters. The molecule has 0 aliphatic carbocycles. The molecule has 0 saturated carbocycles. The van der Waals surface area contributed by atoms with E-state index >= 15 is 0 Å². The summed E-state index contributed by atoms with van der Waals surface area (Å²) in [5.41, 5.74) is 0.733. The first-order valence-corrected chi connectivity index (χ1v) is 5.49. The molecule has 0 aliphatic heterocycles. The van der Waals surface area contributed by atoms with Crippen molar-refractivity contribution in [2.75, 3.05) is 17.7 Å². The Balaban J connectivity index is 2.62. The maximum absolute atomic E-state index is 11.8. The lowest BCUT2D eigenvalue weighted by Crippen LogP contribution is -2.24. The summed E-state index contributed by atoms with van der Waals surface area (Å²) in [6.45, 7) is 5.99. The Bertz CT molecular complexity index is 346. The molecule has 0 bridgehead atoms. The second-order valence-corrected chi connectivity index (χ2v) is 4.20. The minimum atomic E-state index is 0.00368. The standard InChI is InChI=1S/C12H19N3O/c1-8(2)9(3)12(16)15-10-5-6-11(13-4)14-7-10/h5-9H,1-4H3,(H,13,14)(H,15,16). The molecule has 0 radical (unpaired) electrons. The summed E-state index contributed by atoms with van der Waals surface area (Å²) in [6.07, 6.45) is 1.65. The van der Waals surface area contributed by atoms with Crippen molar-refractivity contribution >= 4 is 17.4 Å². The first-order chi connectivity index (χ1) is 7.54. The predicted molar refractivity (Wildman–Crippen MR) is 66.4 cm³/mol. The van der Waals surface area contributed by atoms with E-state index in [2.05, 4.69) is 15.6 Å². The van der Waals surface area contributed by atoms with E-state index in [1.807, 2.05) is 32.9 Å². The van der Waals surface area contributed by atoms with Gasteiger partial charge in [0.15, 0.2) is 0 Å². The number of carbonyl (C=O) groups is 1. The Morgan fingerprint density at radius 3 is 2.44 bits per heavy atom. The van der Waals surface area contributed by atoms with Gasteiger partial charge >= 0.3 is 0 Å². The zero-order valence-electron chi connectivity index (χ0n) is 10.2. The molecule has 0 aliphatic rings. The fraction of sp³-hybridized carbons (Fsp3) is 0.500. The fourth-order valence-corrected chi connectivity index (χ4v) is 1.17. The van der Waals surface area contributed by atoms with Gasteiger partial charge in [0.2, 0.25) is 5.91 Å². The summed E-state index contributed by atoms with van der Waals surface area (Å²) in [5, 5.41) is 5.77. The Kier molecular flexibility index (Phi) is 4.28. The number of nitrogens with zero attached hydrogens (tertiary/aromatic N) is 1. The molecule has 2 N–H and O–H groups in total. The minimum absolute atomic E-state index is 0.00368. The number of hydrogen-bond donors (Lipinski definition) is 2.